The molecule has 0 bridgehead atoms. The van der Waals surface area contributed by atoms with E-state index in [4.69, 9.17) is 10.5 Å². The number of rotatable bonds is 6. The summed E-state index contributed by atoms with van der Waals surface area (Å²) in [6, 6.07) is 9.32. The van der Waals surface area contributed by atoms with E-state index in [2.05, 4.69) is 25.3 Å². The Hall–Kier alpha value is -3.83. The van der Waals surface area contributed by atoms with Crippen molar-refractivity contribution in [2.75, 3.05) is 52.0 Å². The van der Waals surface area contributed by atoms with Crippen molar-refractivity contribution in [2.45, 2.75) is 25.0 Å². The molecule has 5 rings (SSSR count). The fourth-order valence-electron chi connectivity index (χ4n) is 4.67. The lowest BCUT2D eigenvalue weighted by atomic mass is 10.1. The number of piperazine rings is 1. The van der Waals surface area contributed by atoms with E-state index < -0.39 is 12.1 Å². The quantitative estimate of drug-likeness (QED) is 0.480. The molecule has 0 radical (unpaired) electrons. The normalized spacial score (nSPS) is 17.9. The zero-order chi connectivity index (χ0) is 25.8. The van der Waals surface area contributed by atoms with Crippen molar-refractivity contribution < 1.29 is 14.3 Å². The molecule has 3 aromatic rings. The summed E-state index contributed by atoms with van der Waals surface area (Å²) in [5, 5.41) is 7.85. The molecule has 2 saturated heterocycles. The molecule has 0 aliphatic carbocycles. The number of likely N-dealkylation sites (N-methyl/N-ethyl adjacent to an activating group) is 1. The summed E-state index contributed by atoms with van der Waals surface area (Å²) in [5.74, 6) is -1.12. The zero-order valence-electron chi connectivity index (χ0n) is 20.9. The summed E-state index contributed by atoms with van der Waals surface area (Å²) in [4.78, 5) is 39.3. The standard InChI is InChI=1S/C26H32N8O3/c1-32-11-13-33(14-12-32)25(35)23(18-5-3-2-4-6-18)37-26(36)22-24(27)29-16-21(31-22)19-15-30-34(17-19)20-7-9-28-10-8-20/h2-6,15-17,20,23,28H,7-14H2,1H3,(H2,27,29)/t23-/m1/s1. The molecular formula is C26H32N8O3. The van der Waals surface area contributed by atoms with Crippen LogP contribution in [0, 0.1) is 0 Å². The van der Waals surface area contributed by atoms with E-state index in [0.29, 0.717) is 30.4 Å². The van der Waals surface area contributed by atoms with Crippen molar-refractivity contribution in [1.29, 1.82) is 0 Å². The van der Waals surface area contributed by atoms with Crippen LogP contribution in [-0.2, 0) is 9.53 Å². The van der Waals surface area contributed by atoms with Gasteiger partial charge in [0.2, 0.25) is 6.10 Å². The third-order valence-electron chi connectivity index (χ3n) is 6.94. The summed E-state index contributed by atoms with van der Waals surface area (Å²) in [5.41, 5.74) is 7.69. The van der Waals surface area contributed by atoms with Gasteiger partial charge in [-0.05, 0) is 33.0 Å². The van der Waals surface area contributed by atoms with Gasteiger partial charge in [-0.3, -0.25) is 9.48 Å². The van der Waals surface area contributed by atoms with Crippen LogP contribution in [0.25, 0.3) is 11.3 Å². The number of nitrogens with zero attached hydrogens (tertiary/aromatic N) is 6. The maximum Gasteiger partial charge on any atom is 0.361 e. The SMILES string of the molecule is CN1CCN(C(=O)[C@H](OC(=O)c2nc(-c3cnn(C4CCNCC4)c3)cnc2N)c2ccccc2)CC1. The molecule has 1 aromatic carbocycles. The van der Waals surface area contributed by atoms with E-state index in [9.17, 15) is 9.59 Å². The van der Waals surface area contributed by atoms with Crippen LogP contribution in [0.1, 0.15) is 41.0 Å². The third-order valence-corrected chi connectivity index (χ3v) is 6.94. The first kappa shape index (κ1) is 24.8. The number of carbonyl (C=O) groups is 2. The first-order chi connectivity index (χ1) is 18.0. The number of esters is 1. The minimum absolute atomic E-state index is 0.0571. The van der Waals surface area contributed by atoms with Crippen LogP contribution < -0.4 is 11.1 Å². The number of aromatic nitrogens is 4. The van der Waals surface area contributed by atoms with Gasteiger partial charge in [0.1, 0.15) is 0 Å². The molecule has 0 unspecified atom stereocenters. The lowest BCUT2D eigenvalue weighted by Crippen LogP contribution is -2.49. The van der Waals surface area contributed by atoms with Gasteiger partial charge < -0.3 is 25.6 Å². The zero-order valence-corrected chi connectivity index (χ0v) is 20.9. The van der Waals surface area contributed by atoms with Gasteiger partial charge in [0.05, 0.1) is 24.1 Å². The number of benzene rings is 1. The average Bonchev–Trinajstić information content (AvgIpc) is 3.43. The summed E-state index contributed by atoms with van der Waals surface area (Å²) in [6.07, 6.45) is 6.02. The van der Waals surface area contributed by atoms with Crippen LogP contribution in [0.15, 0.2) is 48.9 Å². The average molecular weight is 505 g/mol. The van der Waals surface area contributed by atoms with Gasteiger partial charge in [-0.1, -0.05) is 30.3 Å². The highest BCUT2D eigenvalue weighted by molar-refractivity contribution is 5.95. The molecule has 2 aliphatic rings. The molecule has 37 heavy (non-hydrogen) atoms. The van der Waals surface area contributed by atoms with Crippen LogP contribution in [0.5, 0.6) is 0 Å². The molecule has 4 heterocycles. The fourth-order valence-corrected chi connectivity index (χ4v) is 4.67. The summed E-state index contributed by atoms with van der Waals surface area (Å²) in [6.45, 7) is 4.54. The Bertz CT molecular complexity index is 1230. The second-order valence-corrected chi connectivity index (χ2v) is 9.50. The Morgan fingerprint density at radius 1 is 1.08 bits per heavy atom. The number of carbonyl (C=O) groups excluding carboxylic acids is 2. The maximum absolute atomic E-state index is 13.4. The maximum atomic E-state index is 13.4. The van der Waals surface area contributed by atoms with Crippen LogP contribution in [0.2, 0.25) is 0 Å². The van der Waals surface area contributed by atoms with Crippen LogP contribution in [0.4, 0.5) is 5.82 Å². The number of anilines is 1. The highest BCUT2D eigenvalue weighted by atomic mass is 16.5. The first-order valence-corrected chi connectivity index (χ1v) is 12.6. The predicted molar refractivity (Wildman–Crippen MR) is 137 cm³/mol. The number of ether oxygens (including phenoxy) is 1. The Kier molecular flexibility index (Phi) is 7.42. The van der Waals surface area contributed by atoms with Crippen molar-refractivity contribution in [3.05, 3.63) is 60.2 Å². The van der Waals surface area contributed by atoms with Crippen molar-refractivity contribution in [2.24, 2.45) is 0 Å². The summed E-state index contributed by atoms with van der Waals surface area (Å²) in [7, 11) is 2.01. The molecule has 0 spiro atoms. The Balaban J connectivity index is 1.37. The van der Waals surface area contributed by atoms with Gasteiger partial charge in [-0.15, -0.1) is 0 Å². The fraction of sp³-hybridized carbons (Fsp3) is 0.423. The molecule has 11 nitrogen and oxygen atoms in total. The van der Waals surface area contributed by atoms with E-state index in [0.717, 1.165) is 44.6 Å². The Labute approximate surface area is 215 Å². The topological polar surface area (TPSA) is 132 Å². The second-order valence-electron chi connectivity index (χ2n) is 9.50. The number of nitrogens with two attached hydrogens (primary N) is 1. The number of nitrogen functional groups attached to an aromatic ring is 1. The predicted octanol–water partition coefficient (Wildman–Crippen LogP) is 1.52. The van der Waals surface area contributed by atoms with Crippen molar-refractivity contribution in [3.63, 3.8) is 0 Å². The van der Waals surface area contributed by atoms with Crippen molar-refractivity contribution in [1.82, 2.24) is 34.9 Å². The number of piperidine rings is 1. The van der Waals surface area contributed by atoms with Crippen molar-refractivity contribution in [3.8, 4) is 11.3 Å². The van der Waals surface area contributed by atoms with Gasteiger partial charge in [-0.2, -0.15) is 5.10 Å². The minimum atomic E-state index is -1.11. The van der Waals surface area contributed by atoms with Crippen LogP contribution >= 0.6 is 0 Å². The monoisotopic (exact) mass is 504 g/mol. The van der Waals surface area contributed by atoms with E-state index in [-0.39, 0.29) is 17.4 Å². The van der Waals surface area contributed by atoms with Gasteiger partial charge in [-0.25, -0.2) is 14.8 Å². The molecule has 2 aliphatic heterocycles. The third kappa shape index (κ3) is 5.62. The summed E-state index contributed by atoms with van der Waals surface area (Å²) >= 11 is 0. The molecule has 3 N–H and O–H groups in total. The minimum Gasteiger partial charge on any atom is -0.442 e. The first-order valence-electron chi connectivity index (χ1n) is 12.6. The summed E-state index contributed by atoms with van der Waals surface area (Å²) < 4.78 is 7.72. The largest absolute Gasteiger partial charge is 0.442 e. The van der Waals surface area contributed by atoms with E-state index in [1.807, 2.05) is 36.1 Å². The highest BCUT2D eigenvalue weighted by Gasteiger charge is 2.32. The second kappa shape index (κ2) is 11.1. The number of amides is 1. The van der Waals surface area contributed by atoms with E-state index in [1.54, 1.807) is 23.2 Å². The van der Waals surface area contributed by atoms with Crippen molar-refractivity contribution >= 4 is 17.7 Å². The molecule has 2 fully saturated rings. The van der Waals surface area contributed by atoms with E-state index >= 15 is 0 Å². The molecule has 0 saturated carbocycles. The number of hydrogen-bond acceptors (Lipinski definition) is 9. The van der Waals surface area contributed by atoms with Gasteiger partial charge >= 0.3 is 5.97 Å². The Morgan fingerprint density at radius 3 is 2.54 bits per heavy atom. The molecule has 194 valence electrons. The molecule has 11 heteroatoms. The lowest BCUT2D eigenvalue weighted by Gasteiger charge is -2.34. The van der Waals surface area contributed by atoms with Gasteiger partial charge in [0.15, 0.2) is 11.5 Å². The molecule has 1 atom stereocenters. The highest BCUT2D eigenvalue weighted by Crippen LogP contribution is 2.26. The van der Waals surface area contributed by atoms with Gasteiger partial charge in [0, 0.05) is 43.5 Å². The van der Waals surface area contributed by atoms with Crippen LogP contribution in [-0.4, -0.2) is 87.7 Å². The Morgan fingerprint density at radius 2 is 1.81 bits per heavy atom. The van der Waals surface area contributed by atoms with E-state index in [1.165, 1.54) is 6.20 Å². The van der Waals surface area contributed by atoms with Crippen LogP contribution in [0.3, 0.4) is 0 Å². The number of nitrogens with one attached hydrogen (secondary N) is 1. The smallest absolute Gasteiger partial charge is 0.361 e. The lowest BCUT2D eigenvalue weighted by molar-refractivity contribution is -0.142. The molecule has 1 amide bonds. The van der Waals surface area contributed by atoms with Gasteiger partial charge in [0.25, 0.3) is 5.91 Å². The molecule has 2 aromatic heterocycles. The molecular weight excluding hydrogens is 472 g/mol. The number of hydrogen-bond donors (Lipinski definition) is 2.